The largest absolute Gasteiger partial charge is 0.346 e. The number of amides is 1. The molecule has 0 fully saturated rings. The van der Waals surface area contributed by atoms with Crippen LogP contribution in [0, 0.1) is 20.8 Å². The minimum atomic E-state index is -0.0473. The maximum atomic E-state index is 12.8. The number of imidazole rings is 1. The lowest BCUT2D eigenvalue weighted by Crippen LogP contribution is -2.23. The van der Waals surface area contributed by atoms with E-state index in [0.29, 0.717) is 6.54 Å². The van der Waals surface area contributed by atoms with Gasteiger partial charge >= 0.3 is 0 Å². The van der Waals surface area contributed by atoms with Gasteiger partial charge in [-0.05, 0) is 51.3 Å². The van der Waals surface area contributed by atoms with Crippen molar-refractivity contribution in [3.63, 3.8) is 0 Å². The SMILES string of the molecule is Cc1ccccc1-n1c(C)cc(C(=O)NCc2cn3c(n2)CCCC3)c1C. The second-order valence-electron chi connectivity index (χ2n) is 7.39. The number of rotatable bonds is 4. The van der Waals surface area contributed by atoms with Crippen LogP contribution in [0.3, 0.4) is 0 Å². The molecule has 3 heterocycles. The zero-order valence-corrected chi connectivity index (χ0v) is 16.2. The number of benzene rings is 1. The molecule has 4 rings (SSSR count). The van der Waals surface area contributed by atoms with Crippen molar-refractivity contribution in [2.45, 2.75) is 53.1 Å². The van der Waals surface area contributed by atoms with Crippen LogP contribution in [0.4, 0.5) is 0 Å². The van der Waals surface area contributed by atoms with E-state index >= 15 is 0 Å². The molecule has 140 valence electrons. The summed E-state index contributed by atoms with van der Waals surface area (Å²) in [5, 5.41) is 3.04. The summed E-state index contributed by atoms with van der Waals surface area (Å²) >= 11 is 0. The van der Waals surface area contributed by atoms with E-state index in [1.807, 2.05) is 32.0 Å². The molecule has 0 atom stereocenters. The number of hydrogen-bond donors (Lipinski definition) is 1. The van der Waals surface area contributed by atoms with E-state index < -0.39 is 0 Å². The normalized spacial score (nSPS) is 13.4. The number of para-hydroxylation sites is 1. The van der Waals surface area contributed by atoms with Crippen LogP contribution >= 0.6 is 0 Å². The highest BCUT2D eigenvalue weighted by Crippen LogP contribution is 2.23. The zero-order valence-electron chi connectivity index (χ0n) is 16.2. The first-order valence-electron chi connectivity index (χ1n) is 9.62. The van der Waals surface area contributed by atoms with E-state index in [9.17, 15) is 4.79 Å². The molecule has 1 N–H and O–H groups in total. The fraction of sp³-hybridized carbons (Fsp3) is 0.364. The second-order valence-corrected chi connectivity index (χ2v) is 7.39. The highest BCUT2D eigenvalue weighted by molar-refractivity contribution is 5.95. The molecule has 5 heteroatoms. The van der Waals surface area contributed by atoms with Gasteiger partial charge in [-0.15, -0.1) is 0 Å². The van der Waals surface area contributed by atoms with E-state index in [2.05, 4.69) is 44.7 Å². The topological polar surface area (TPSA) is 51.9 Å². The molecule has 0 unspecified atom stereocenters. The number of nitrogens with one attached hydrogen (secondary N) is 1. The standard InChI is InChI=1S/C22H26N4O/c1-15-8-4-5-9-20(15)26-16(2)12-19(17(26)3)22(27)23-13-18-14-25-11-7-6-10-21(25)24-18/h4-5,8-9,12,14H,6-7,10-11,13H2,1-3H3,(H,23,27). The summed E-state index contributed by atoms with van der Waals surface area (Å²) in [6.07, 6.45) is 5.52. The summed E-state index contributed by atoms with van der Waals surface area (Å²) < 4.78 is 4.37. The van der Waals surface area contributed by atoms with E-state index in [0.717, 1.165) is 47.1 Å². The summed E-state index contributed by atoms with van der Waals surface area (Å²) in [6.45, 7) is 7.64. The molecule has 1 amide bonds. The van der Waals surface area contributed by atoms with Gasteiger partial charge in [0.1, 0.15) is 5.82 Å². The van der Waals surface area contributed by atoms with Gasteiger partial charge in [0.2, 0.25) is 0 Å². The summed E-state index contributed by atoms with van der Waals surface area (Å²) in [4.78, 5) is 17.5. The number of carbonyl (C=O) groups excluding carboxylic acids is 1. The van der Waals surface area contributed by atoms with Crippen LogP contribution in [0.25, 0.3) is 5.69 Å². The molecule has 1 aromatic carbocycles. The monoisotopic (exact) mass is 362 g/mol. The number of fused-ring (bicyclic) bond motifs is 1. The Morgan fingerprint density at radius 1 is 1.19 bits per heavy atom. The molecule has 0 aliphatic carbocycles. The predicted octanol–water partition coefficient (Wildman–Crippen LogP) is 3.87. The van der Waals surface area contributed by atoms with Gasteiger partial charge in [0.15, 0.2) is 0 Å². The Morgan fingerprint density at radius 2 is 2.00 bits per heavy atom. The minimum Gasteiger partial charge on any atom is -0.346 e. The average molecular weight is 362 g/mol. The molecule has 5 nitrogen and oxygen atoms in total. The van der Waals surface area contributed by atoms with Gasteiger partial charge in [0, 0.05) is 36.2 Å². The number of aryl methyl sites for hydroxylation is 4. The van der Waals surface area contributed by atoms with Gasteiger partial charge in [0.25, 0.3) is 5.91 Å². The number of nitrogens with zero attached hydrogens (tertiary/aromatic N) is 3. The Morgan fingerprint density at radius 3 is 2.78 bits per heavy atom. The molecule has 1 aliphatic rings. The van der Waals surface area contributed by atoms with Crippen LogP contribution in [0.2, 0.25) is 0 Å². The lowest BCUT2D eigenvalue weighted by Gasteiger charge is -2.12. The average Bonchev–Trinajstić information content (AvgIpc) is 3.21. The van der Waals surface area contributed by atoms with Crippen molar-refractivity contribution in [2.75, 3.05) is 0 Å². The van der Waals surface area contributed by atoms with Crippen LogP contribution in [-0.2, 0) is 19.5 Å². The molecule has 2 aromatic heterocycles. The third kappa shape index (κ3) is 3.29. The van der Waals surface area contributed by atoms with Gasteiger partial charge in [-0.1, -0.05) is 18.2 Å². The van der Waals surface area contributed by atoms with Gasteiger partial charge in [-0.25, -0.2) is 4.98 Å². The fourth-order valence-corrected chi connectivity index (χ4v) is 4.00. The van der Waals surface area contributed by atoms with Crippen molar-refractivity contribution in [1.29, 1.82) is 0 Å². The van der Waals surface area contributed by atoms with Crippen molar-refractivity contribution in [3.05, 3.63) is 70.6 Å². The number of hydrogen-bond acceptors (Lipinski definition) is 2. The first-order valence-corrected chi connectivity index (χ1v) is 9.62. The molecular formula is C22H26N4O. The van der Waals surface area contributed by atoms with Gasteiger partial charge in [-0.3, -0.25) is 4.79 Å². The Balaban J connectivity index is 1.53. The maximum Gasteiger partial charge on any atom is 0.253 e. The van der Waals surface area contributed by atoms with Crippen molar-refractivity contribution in [2.24, 2.45) is 0 Å². The molecule has 0 bridgehead atoms. The summed E-state index contributed by atoms with van der Waals surface area (Å²) in [5.41, 5.74) is 5.99. The summed E-state index contributed by atoms with van der Waals surface area (Å²) in [5.74, 6) is 1.09. The van der Waals surface area contributed by atoms with Crippen LogP contribution in [0.5, 0.6) is 0 Å². The predicted molar refractivity (Wildman–Crippen MR) is 106 cm³/mol. The molecule has 0 saturated carbocycles. The fourth-order valence-electron chi connectivity index (χ4n) is 4.00. The molecule has 1 aliphatic heterocycles. The molecule has 0 saturated heterocycles. The van der Waals surface area contributed by atoms with E-state index in [1.54, 1.807) is 0 Å². The first-order chi connectivity index (χ1) is 13.0. The first kappa shape index (κ1) is 17.6. The maximum absolute atomic E-state index is 12.8. The molecule has 0 spiro atoms. The van der Waals surface area contributed by atoms with Gasteiger partial charge < -0.3 is 14.5 Å². The Kier molecular flexibility index (Phi) is 4.60. The highest BCUT2D eigenvalue weighted by atomic mass is 16.1. The Hall–Kier alpha value is -2.82. The van der Waals surface area contributed by atoms with Crippen molar-refractivity contribution < 1.29 is 4.79 Å². The number of carbonyl (C=O) groups is 1. The van der Waals surface area contributed by atoms with Crippen molar-refractivity contribution >= 4 is 5.91 Å². The lowest BCUT2D eigenvalue weighted by atomic mass is 10.2. The Bertz CT molecular complexity index is 972. The second kappa shape index (κ2) is 7.06. The van der Waals surface area contributed by atoms with Gasteiger partial charge in [0.05, 0.1) is 17.8 Å². The lowest BCUT2D eigenvalue weighted by molar-refractivity contribution is 0.0950. The van der Waals surface area contributed by atoms with E-state index in [-0.39, 0.29) is 5.91 Å². The molecule has 27 heavy (non-hydrogen) atoms. The highest BCUT2D eigenvalue weighted by Gasteiger charge is 2.18. The minimum absolute atomic E-state index is 0.0473. The quantitative estimate of drug-likeness (QED) is 0.766. The Labute approximate surface area is 160 Å². The van der Waals surface area contributed by atoms with Gasteiger partial charge in [-0.2, -0.15) is 0 Å². The third-order valence-electron chi connectivity index (χ3n) is 5.42. The van der Waals surface area contributed by atoms with Crippen LogP contribution in [-0.4, -0.2) is 20.0 Å². The smallest absolute Gasteiger partial charge is 0.253 e. The molecule has 3 aromatic rings. The van der Waals surface area contributed by atoms with Crippen LogP contribution in [0.1, 0.15) is 51.7 Å². The number of aromatic nitrogens is 3. The zero-order chi connectivity index (χ0) is 19.0. The molecule has 0 radical (unpaired) electrons. The third-order valence-corrected chi connectivity index (χ3v) is 5.42. The van der Waals surface area contributed by atoms with Crippen LogP contribution < -0.4 is 5.32 Å². The van der Waals surface area contributed by atoms with Crippen molar-refractivity contribution in [1.82, 2.24) is 19.4 Å². The van der Waals surface area contributed by atoms with Crippen molar-refractivity contribution in [3.8, 4) is 5.69 Å². The van der Waals surface area contributed by atoms with E-state index in [4.69, 9.17) is 0 Å². The summed E-state index contributed by atoms with van der Waals surface area (Å²) in [7, 11) is 0. The van der Waals surface area contributed by atoms with E-state index in [1.165, 1.54) is 18.4 Å². The molecular weight excluding hydrogens is 336 g/mol. The van der Waals surface area contributed by atoms with Crippen LogP contribution in [0.15, 0.2) is 36.5 Å². The summed E-state index contributed by atoms with van der Waals surface area (Å²) in [6, 6.07) is 10.2.